The predicted octanol–water partition coefficient (Wildman–Crippen LogP) is 7.44. The van der Waals surface area contributed by atoms with Gasteiger partial charge < -0.3 is 5.11 Å². The Labute approximate surface area is 240 Å². The Bertz CT molecular complexity index is 2030. The van der Waals surface area contributed by atoms with E-state index in [1.165, 1.54) is 10.8 Å². The van der Waals surface area contributed by atoms with Gasteiger partial charge in [-0.2, -0.15) is 0 Å². The fourth-order valence-electron chi connectivity index (χ4n) is 5.71. The van der Waals surface area contributed by atoms with Crippen LogP contribution in [0.5, 0.6) is 5.75 Å². The summed E-state index contributed by atoms with van der Waals surface area (Å²) >= 11 is 0. The fourth-order valence-corrected chi connectivity index (χ4v) is 7.95. The van der Waals surface area contributed by atoms with Crippen LogP contribution in [0.4, 0.5) is 0 Å². The summed E-state index contributed by atoms with van der Waals surface area (Å²) in [6.07, 6.45) is 1.89. The molecular formula is C36H29N3OSi. The Balaban J connectivity index is 1.48. The van der Waals surface area contributed by atoms with E-state index in [0.717, 1.165) is 44.1 Å². The zero-order valence-electron chi connectivity index (χ0n) is 23.0. The molecule has 4 aromatic carbocycles. The molecule has 0 fully saturated rings. The number of hydrogen-bond donors (Lipinski definition) is 1. The number of phenols is 1. The smallest absolute Gasteiger partial charge is 0.146 e. The van der Waals surface area contributed by atoms with Gasteiger partial charge in [0.2, 0.25) is 0 Å². The van der Waals surface area contributed by atoms with Crippen molar-refractivity contribution in [2.24, 2.45) is 0 Å². The highest BCUT2D eigenvalue weighted by Crippen LogP contribution is 2.35. The predicted molar refractivity (Wildman–Crippen MR) is 172 cm³/mol. The van der Waals surface area contributed by atoms with Crippen molar-refractivity contribution in [1.29, 1.82) is 0 Å². The molecule has 0 aliphatic heterocycles. The second-order valence-corrected chi connectivity index (χ2v) is 15.3. The molecule has 7 aromatic rings. The van der Waals surface area contributed by atoms with Crippen molar-refractivity contribution in [3.8, 4) is 33.8 Å². The summed E-state index contributed by atoms with van der Waals surface area (Å²) in [4.78, 5) is 10.1. The standard InChI is InChI=1S/C36H29N3OSi/c1-41(2,35-18-10-11-21-37-35)28-23-26(25-12-4-3-5-13-25)22-27(24-28)31-20-19-30-29-14-6-7-15-32(29)39(36(30)38-31)33-16-8-9-17-34(33)40/h3-24,40H,1-2H3. The van der Waals surface area contributed by atoms with E-state index < -0.39 is 8.07 Å². The van der Waals surface area contributed by atoms with Crippen LogP contribution in [0.25, 0.3) is 50.0 Å². The van der Waals surface area contributed by atoms with Crippen molar-refractivity contribution in [1.82, 2.24) is 14.5 Å². The van der Waals surface area contributed by atoms with Crippen LogP contribution in [0.2, 0.25) is 13.1 Å². The molecule has 0 amide bonds. The highest BCUT2D eigenvalue weighted by atomic mass is 28.3. The third kappa shape index (κ3) is 4.31. The number of phenolic OH excluding ortho intramolecular Hbond substituents is 1. The van der Waals surface area contributed by atoms with Crippen LogP contribution in [-0.4, -0.2) is 27.7 Å². The quantitative estimate of drug-likeness (QED) is 0.228. The first-order valence-corrected chi connectivity index (χ1v) is 16.8. The van der Waals surface area contributed by atoms with Gasteiger partial charge in [-0.1, -0.05) is 97.1 Å². The molecule has 5 heteroatoms. The molecule has 0 spiro atoms. The van der Waals surface area contributed by atoms with Gasteiger partial charge in [0.25, 0.3) is 0 Å². The molecule has 198 valence electrons. The molecule has 0 saturated carbocycles. The normalized spacial score (nSPS) is 11.8. The van der Waals surface area contributed by atoms with Gasteiger partial charge in [-0.3, -0.25) is 9.55 Å². The Morgan fingerprint density at radius 1 is 0.634 bits per heavy atom. The first-order valence-electron chi connectivity index (χ1n) is 13.8. The van der Waals surface area contributed by atoms with Crippen LogP contribution < -0.4 is 10.5 Å². The van der Waals surface area contributed by atoms with Crippen molar-refractivity contribution in [3.05, 3.63) is 134 Å². The molecule has 0 saturated heterocycles. The van der Waals surface area contributed by atoms with E-state index in [2.05, 4.69) is 96.5 Å². The van der Waals surface area contributed by atoms with Crippen molar-refractivity contribution >= 4 is 40.5 Å². The average Bonchev–Trinajstić information content (AvgIpc) is 3.35. The molecule has 0 unspecified atom stereocenters. The molecule has 41 heavy (non-hydrogen) atoms. The summed E-state index contributed by atoms with van der Waals surface area (Å²) in [7, 11) is -2.11. The fraction of sp³-hybridized carbons (Fsp3) is 0.0556. The van der Waals surface area contributed by atoms with Gasteiger partial charge in [0.1, 0.15) is 19.5 Å². The van der Waals surface area contributed by atoms with Gasteiger partial charge in [0.15, 0.2) is 0 Å². The number of benzene rings is 4. The van der Waals surface area contributed by atoms with E-state index in [4.69, 9.17) is 9.97 Å². The van der Waals surface area contributed by atoms with Gasteiger partial charge in [-0.25, -0.2) is 4.98 Å². The van der Waals surface area contributed by atoms with E-state index in [9.17, 15) is 5.11 Å². The van der Waals surface area contributed by atoms with Crippen LogP contribution in [0, 0.1) is 0 Å². The largest absolute Gasteiger partial charge is 0.506 e. The summed E-state index contributed by atoms with van der Waals surface area (Å²) in [5.41, 5.74) is 6.83. The number of fused-ring (bicyclic) bond motifs is 3. The average molecular weight is 548 g/mol. The number of nitrogens with zero attached hydrogens (tertiary/aromatic N) is 3. The van der Waals surface area contributed by atoms with Crippen molar-refractivity contribution < 1.29 is 5.11 Å². The van der Waals surface area contributed by atoms with Crippen LogP contribution in [-0.2, 0) is 0 Å². The van der Waals surface area contributed by atoms with E-state index in [0.29, 0.717) is 5.69 Å². The number of para-hydroxylation sites is 3. The van der Waals surface area contributed by atoms with Crippen molar-refractivity contribution in [3.63, 3.8) is 0 Å². The van der Waals surface area contributed by atoms with Crippen molar-refractivity contribution in [2.75, 3.05) is 0 Å². The van der Waals surface area contributed by atoms with Gasteiger partial charge >= 0.3 is 0 Å². The maximum atomic E-state index is 10.8. The molecular weight excluding hydrogens is 519 g/mol. The lowest BCUT2D eigenvalue weighted by Gasteiger charge is -2.24. The Hall–Kier alpha value is -5.00. The molecule has 0 aliphatic carbocycles. The van der Waals surface area contributed by atoms with E-state index in [1.54, 1.807) is 6.07 Å². The minimum atomic E-state index is -2.11. The molecule has 3 heterocycles. The maximum absolute atomic E-state index is 10.8. The summed E-state index contributed by atoms with van der Waals surface area (Å²) < 4.78 is 2.07. The molecule has 7 rings (SSSR count). The number of hydrogen-bond acceptors (Lipinski definition) is 3. The second kappa shape index (κ2) is 9.88. The van der Waals surface area contributed by atoms with Gasteiger partial charge in [-0.05, 0) is 59.7 Å². The van der Waals surface area contributed by atoms with Gasteiger partial charge in [0.05, 0.1) is 16.9 Å². The molecule has 0 atom stereocenters. The lowest BCUT2D eigenvalue weighted by Crippen LogP contribution is -2.54. The van der Waals surface area contributed by atoms with Crippen LogP contribution in [0.3, 0.4) is 0 Å². The maximum Gasteiger partial charge on any atom is 0.146 e. The molecule has 0 radical (unpaired) electrons. The molecule has 1 N–H and O–H groups in total. The summed E-state index contributed by atoms with van der Waals surface area (Å²) in [5.74, 6) is 0.221. The highest BCUT2D eigenvalue weighted by molar-refractivity contribution is 7.00. The minimum absolute atomic E-state index is 0.221. The molecule has 0 bridgehead atoms. The summed E-state index contributed by atoms with van der Waals surface area (Å²) in [6, 6.07) is 43.6. The zero-order valence-corrected chi connectivity index (χ0v) is 24.0. The highest BCUT2D eigenvalue weighted by Gasteiger charge is 2.29. The Morgan fingerprint density at radius 2 is 1.37 bits per heavy atom. The van der Waals surface area contributed by atoms with Crippen LogP contribution in [0.1, 0.15) is 0 Å². The summed E-state index contributed by atoms with van der Waals surface area (Å²) in [6.45, 7) is 4.71. The second-order valence-electron chi connectivity index (χ2n) is 10.9. The number of aromatic hydroxyl groups is 1. The third-order valence-electron chi connectivity index (χ3n) is 8.01. The summed E-state index contributed by atoms with van der Waals surface area (Å²) in [5, 5.41) is 15.4. The van der Waals surface area contributed by atoms with E-state index >= 15 is 0 Å². The first kappa shape index (κ1) is 25.0. The molecule has 3 aromatic heterocycles. The zero-order chi connectivity index (χ0) is 28.0. The van der Waals surface area contributed by atoms with E-state index in [-0.39, 0.29) is 5.75 Å². The van der Waals surface area contributed by atoms with Crippen LogP contribution >= 0.6 is 0 Å². The number of rotatable bonds is 5. The first-order chi connectivity index (χ1) is 20.0. The number of aromatic nitrogens is 3. The minimum Gasteiger partial charge on any atom is -0.506 e. The van der Waals surface area contributed by atoms with Crippen LogP contribution in [0.15, 0.2) is 134 Å². The molecule has 4 nitrogen and oxygen atoms in total. The number of pyridine rings is 2. The van der Waals surface area contributed by atoms with E-state index in [1.807, 2.05) is 48.7 Å². The van der Waals surface area contributed by atoms with Gasteiger partial charge in [0, 0.05) is 27.8 Å². The van der Waals surface area contributed by atoms with Gasteiger partial charge in [-0.15, -0.1) is 0 Å². The Kier molecular flexibility index (Phi) is 6.02. The Morgan fingerprint density at radius 3 is 2.17 bits per heavy atom. The lowest BCUT2D eigenvalue weighted by molar-refractivity contribution is 0.473. The lowest BCUT2D eigenvalue weighted by atomic mass is 10.0. The SMILES string of the molecule is C[Si](C)(c1cc(-c2ccccc2)cc(-c2ccc3c4ccccc4n(-c4ccccc4O)c3n2)c1)c1ccccn1. The third-order valence-corrected chi connectivity index (χ3v) is 11.3. The topological polar surface area (TPSA) is 50.9 Å². The monoisotopic (exact) mass is 547 g/mol. The molecule has 0 aliphatic rings. The van der Waals surface area contributed by atoms with Crippen molar-refractivity contribution in [2.45, 2.75) is 13.1 Å².